The average molecular weight is 426 g/mol. The molecule has 1 aliphatic rings. The second kappa shape index (κ2) is 9.10. The van der Waals surface area contributed by atoms with Crippen LogP contribution in [-0.4, -0.2) is 24.7 Å². The molecule has 1 aliphatic heterocycles. The number of alkyl halides is 3. The van der Waals surface area contributed by atoms with Crippen LogP contribution in [0.15, 0.2) is 66.9 Å². The summed E-state index contributed by atoms with van der Waals surface area (Å²) in [5, 5.41) is 3.55. The summed E-state index contributed by atoms with van der Waals surface area (Å²) in [5.41, 5.74) is 2.78. The highest BCUT2D eigenvalue weighted by Crippen LogP contribution is 2.40. The smallest absolute Gasteiger partial charge is 0.416 e. The lowest BCUT2D eigenvalue weighted by atomic mass is 9.84. The minimum absolute atomic E-state index is 0.0507. The maximum Gasteiger partial charge on any atom is 0.416 e. The van der Waals surface area contributed by atoms with E-state index in [9.17, 15) is 13.2 Å². The second-order valence-electron chi connectivity index (χ2n) is 7.83. The molecule has 0 spiro atoms. The van der Waals surface area contributed by atoms with Gasteiger partial charge in [0, 0.05) is 29.3 Å². The van der Waals surface area contributed by atoms with Gasteiger partial charge in [0.1, 0.15) is 5.75 Å². The van der Waals surface area contributed by atoms with E-state index in [1.807, 2.05) is 36.4 Å². The van der Waals surface area contributed by atoms with Crippen LogP contribution in [0, 0.1) is 0 Å². The Morgan fingerprint density at radius 2 is 1.84 bits per heavy atom. The highest BCUT2D eigenvalue weighted by molar-refractivity contribution is 5.68. The van der Waals surface area contributed by atoms with Gasteiger partial charge in [-0.3, -0.25) is 4.98 Å². The first-order chi connectivity index (χ1) is 15.0. The number of aromatic nitrogens is 1. The number of para-hydroxylation sites is 1. The lowest BCUT2D eigenvalue weighted by molar-refractivity contribution is -0.137. The SMILES string of the molecule is COc1ccccc1C(CC1CCCN1)c1ncccc1-c1ccc(C(F)(F)F)cc1. The molecule has 1 fully saturated rings. The van der Waals surface area contributed by atoms with Gasteiger partial charge in [0.2, 0.25) is 0 Å². The number of ether oxygens (including phenoxy) is 1. The molecule has 4 rings (SSSR count). The van der Waals surface area contributed by atoms with E-state index in [1.165, 1.54) is 12.1 Å². The third-order valence-electron chi connectivity index (χ3n) is 5.89. The predicted molar refractivity (Wildman–Crippen MR) is 115 cm³/mol. The Morgan fingerprint density at radius 1 is 1.06 bits per heavy atom. The lowest BCUT2D eigenvalue weighted by Gasteiger charge is -2.25. The molecule has 3 nitrogen and oxygen atoms in total. The van der Waals surface area contributed by atoms with Gasteiger partial charge < -0.3 is 10.1 Å². The Bertz CT molecular complexity index is 1010. The van der Waals surface area contributed by atoms with Gasteiger partial charge in [-0.25, -0.2) is 0 Å². The number of hydrogen-bond acceptors (Lipinski definition) is 3. The van der Waals surface area contributed by atoms with Crippen LogP contribution in [0.1, 0.15) is 42.0 Å². The van der Waals surface area contributed by atoms with E-state index in [0.717, 1.165) is 66.1 Å². The first-order valence-corrected chi connectivity index (χ1v) is 10.5. The zero-order valence-electron chi connectivity index (χ0n) is 17.3. The van der Waals surface area contributed by atoms with Crippen molar-refractivity contribution in [1.82, 2.24) is 10.3 Å². The molecule has 6 heteroatoms. The zero-order chi connectivity index (χ0) is 21.8. The number of methoxy groups -OCH3 is 1. The van der Waals surface area contributed by atoms with Crippen LogP contribution in [0.5, 0.6) is 5.75 Å². The van der Waals surface area contributed by atoms with Crippen LogP contribution in [-0.2, 0) is 6.18 Å². The molecule has 2 unspecified atom stereocenters. The minimum atomic E-state index is -4.36. The van der Waals surface area contributed by atoms with Crippen molar-refractivity contribution in [2.45, 2.75) is 37.4 Å². The number of halogens is 3. The maximum absolute atomic E-state index is 13.0. The number of rotatable bonds is 6. The van der Waals surface area contributed by atoms with E-state index in [1.54, 1.807) is 13.3 Å². The van der Waals surface area contributed by atoms with Gasteiger partial charge in [0.05, 0.1) is 18.4 Å². The Kier molecular flexibility index (Phi) is 6.28. The van der Waals surface area contributed by atoms with E-state index in [0.29, 0.717) is 6.04 Å². The van der Waals surface area contributed by atoms with Gasteiger partial charge in [-0.2, -0.15) is 13.2 Å². The van der Waals surface area contributed by atoms with Crippen molar-refractivity contribution in [2.24, 2.45) is 0 Å². The molecule has 1 N–H and O–H groups in total. The van der Waals surface area contributed by atoms with Crippen molar-refractivity contribution in [2.75, 3.05) is 13.7 Å². The topological polar surface area (TPSA) is 34.1 Å². The molecule has 0 amide bonds. The van der Waals surface area contributed by atoms with E-state index in [2.05, 4.69) is 5.32 Å². The number of nitrogens with one attached hydrogen (secondary N) is 1. The molecule has 162 valence electrons. The number of benzene rings is 2. The fourth-order valence-corrected chi connectivity index (χ4v) is 4.36. The third-order valence-corrected chi connectivity index (χ3v) is 5.89. The van der Waals surface area contributed by atoms with E-state index in [4.69, 9.17) is 9.72 Å². The van der Waals surface area contributed by atoms with Crippen molar-refractivity contribution in [1.29, 1.82) is 0 Å². The van der Waals surface area contributed by atoms with Gasteiger partial charge >= 0.3 is 6.18 Å². The molecular weight excluding hydrogens is 401 g/mol. The second-order valence-corrected chi connectivity index (χ2v) is 7.83. The monoisotopic (exact) mass is 426 g/mol. The van der Waals surface area contributed by atoms with Crippen molar-refractivity contribution in [3.05, 3.63) is 83.7 Å². The first kappa shape index (κ1) is 21.4. The van der Waals surface area contributed by atoms with Crippen molar-refractivity contribution >= 4 is 0 Å². The van der Waals surface area contributed by atoms with E-state index >= 15 is 0 Å². The fourth-order valence-electron chi connectivity index (χ4n) is 4.36. The summed E-state index contributed by atoms with van der Waals surface area (Å²) in [7, 11) is 1.65. The van der Waals surface area contributed by atoms with Crippen LogP contribution >= 0.6 is 0 Å². The normalized spacial score (nSPS) is 17.5. The predicted octanol–water partition coefficient (Wildman–Crippen LogP) is 6.05. The Morgan fingerprint density at radius 3 is 2.52 bits per heavy atom. The van der Waals surface area contributed by atoms with Crippen LogP contribution in [0.3, 0.4) is 0 Å². The van der Waals surface area contributed by atoms with Gasteiger partial charge in [0.25, 0.3) is 0 Å². The Hall–Kier alpha value is -2.86. The molecule has 0 bridgehead atoms. The zero-order valence-corrected chi connectivity index (χ0v) is 17.3. The maximum atomic E-state index is 13.0. The summed E-state index contributed by atoms with van der Waals surface area (Å²) >= 11 is 0. The molecule has 2 atom stereocenters. The molecule has 31 heavy (non-hydrogen) atoms. The summed E-state index contributed by atoms with van der Waals surface area (Å²) in [6, 6.07) is 17.3. The quantitative estimate of drug-likeness (QED) is 0.521. The third kappa shape index (κ3) is 4.74. The van der Waals surface area contributed by atoms with Crippen LogP contribution in [0.25, 0.3) is 11.1 Å². The van der Waals surface area contributed by atoms with E-state index in [-0.39, 0.29) is 5.92 Å². The standard InChI is InChI=1S/C25H25F3N2O/c1-31-23-9-3-2-7-21(23)22(16-19-6-4-14-29-19)24-20(8-5-15-30-24)17-10-12-18(13-11-17)25(26,27)28/h2-3,5,7-13,15,19,22,29H,4,6,14,16H2,1H3. The molecule has 2 aromatic carbocycles. The summed E-state index contributed by atoms with van der Waals surface area (Å²) < 4.78 is 44.7. The summed E-state index contributed by atoms with van der Waals surface area (Å²) in [5.74, 6) is 0.736. The molecule has 3 aromatic rings. The fraction of sp³-hybridized carbons (Fsp3) is 0.320. The van der Waals surface area contributed by atoms with Crippen LogP contribution < -0.4 is 10.1 Å². The van der Waals surface area contributed by atoms with Crippen molar-refractivity contribution < 1.29 is 17.9 Å². The van der Waals surface area contributed by atoms with Gasteiger partial charge in [-0.05, 0) is 55.6 Å². The van der Waals surface area contributed by atoms with Gasteiger partial charge in [-0.1, -0.05) is 36.4 Å². The first-order valence-electron chi connectivity index (χ1n) is 10.5. The largest absolute Gasteiger partial charge is 0.496 e. The molecular formula is C25H25F3N2O. The van der Waals surface area contributed by atoms with E-state index < -0.39 is 11.7 Å². The highest BCUT2D eigenvalue weighted by atomic mass is 19.4. The highest BCUT2D eigenvalue weighted by Gasteiger charge is 2.31. The van der Waals surface area contributed by atoms with Gasteiger partial charge in [-0.15, -0.1) is 0 Å². The Labute approximate surface area is 180 Å². The molecule has 0 saturated carbocycles. The van der Waals surface area contributed by atoms with Crippen LogP contribution in [0.4, 0.5) is 13.2 Å². The average Bonchev–Trinajstić information content (AvgIpc) is 3.30. The number of pyridine rings is 1. The minimum Gasteiger partial charge on any atom is -0.496 e. The van der Waals surface area contributed by atoms with Gasteiger partial charge in [0.15, 0.2) is 0 Å². The molecule has 1 saturated heterocycles. The number of hydrogen-bond donors (Lipinski definition) is 1. The van der Waals surface area contributed by atoms with Crippen molar-refractivity contribution in [3.8, 4) is 16.9 Å². The molecule has 2 heterocycles. The van der Waals surface area contributed by atoms with Crippen molar-refractivity contribution in [3.63, 3.8) is 0 Å². The lowest BCUT2D eigenvalue weighted by Crippen LogP contribution is -2.25. The van der Waals surface area contributed by atoms with Crippen LogP contribution in [0.2, 0.25) is 0 Å². The number of nitrogens with zero attached hydrogens (tertiary/aromatic N) is 1. The summed E-state index contributed by atoms with van der Waals surface area (Å²) in [6.07, 6.45) is 0.453. The summed E-state index contributed by atoms with van der Waals surface area (Å²) in [6.45, 7) is 0.997. The molecule has 0 aliphatic carbocycles. The Balaban J connectivity index is 1.79. The molecule has 0 radical (unpaired) electrons. The summed E-state index contributed by atoms with van der Waals surface area (Å²) in [4.78, 5) is 4.71. The molecule has 1 aromatic heterocycles.